The van der Waals surface area contributed by atoms with Gasteiger partial charge in [-0.05, 0) is 46.6 Å². The Labute approximate surface area is 123 Å². The summed E-state index contributed by atoms with van der Waals surface area (Å²) in [6, 6.07) is 11.3. The van der Waals surface area contributed by atoms with Crippen molar-refractivity contribution in [2.75, 3.05) is 0 Å². The predicted octanol–water partition coefficient (Wildman–Crippen LogP) is 4.33. The van der Waals surface area contributed by atoms with Crippen molar-refractivity contribution in [3.05, 3.63) is 62.1 Å². The van der Waals surface area contributed by atoms with Crippen LogP contribution in [-0.4, -0.2) is 4.92 Å². The molecular formula is C14H9BrN2O3. The first-order valence-corrected chi connectivity index (χ1v) is 6.43. The molecule has 0 fully saturated rings. The number of nitro groups is 1. The fraction of sp³-hybridized carbons (Fsp3) is 0.0714. The summed E-state index contributed by atoms with van der Waals surface area (Å²) in [4.78, 5) is 10.4. The summed E-state index contributed by atoms with van der Waals surface area (Å²) in [5.74, 6) is 0.493. The minimum Gasteiger partial charge on any atom is -0.449 e. The SMILES string of the molecule is Cc1ccc(Oc2cc(C#N)ccc2[N+](=O)[O-])c(Br)c1. The zero-order valence-corrected chi connectivity index (χ0v) is 12.0. The van der Waals surface area contributed by atoms with Crippen LogP contribution in [0.2, 0.25) is 0 Å². The fourth-order valence-corrected chi connectivity index (χ4v) is 2.20. The van der Waals surface area contributed by atoms with E-state index in [0.717, 1.165) is 5.56 Å². The molecule has 0 saturated carbocycles. The van der Waals surface area contributed by atoms with Crippen LogP contribution in [0.15, 0.2) is 40.9 Å². The second kappa shape index (κ2) is 5.72. The van der Waals surface area contributed by atoms with E-state index in [1.165, 1.54) is 18.2 Å². The molecule has 20 heavy (non-hydrogen) atoms. The van der Waals surface area contributed by atoms with E-state index in [1.807, 2.05) is 25.1 Å². The minimum absolute atomic E-state index is 0.0404. The summed E-state index contributed by atoms with van der Waals surface area (Å²) in [5, 5.41) is 19.8. The van der Waals surface area contributed by atoms with Gasteiger partial charge in [-0.1, -0.05) is 6.07 Å². The van der Waals surface area contributed by atoms with Crippen molar-refractivity contribution in [3.8, 4) is 17.6 Å². The van der Waals surface area contributed by atoms with Gasteiger partial charge in [-0.2, -0.15) is 5.26 Å². The maximum absolute atomic E-state index is 11.0. The molecule has 0 unspecified atom stereocenters. The molecule has 0 spiro atoms. The smallest absolute Gasteiger partial charge is 0.311 e. The number of nitriles is 1. The first kappa shape index (κ1) is 14.0. The van der Waals surface area contributed by atoms with Gasteiger partial charge < -0.3 is 4.74 Å². The molecule has 0 heterocycles. The van der Waals surface area contributed by atoms with Gasteiger partial charge in [-0.25, -0.2) is 0 Å². The van der Waals surface area contributed by atoms with Crippen LogP contribution in [0.3, 0.4) is 0 Å². The normalized spacial score (nSPS) is 9.85. The third kappa shape index (κ3) is 2.95. The largest absolute Gasteiger partial charge is 0.449 e. The first-order chi connectivity index (χ1) is 9.51. The number of benzene rings is 2. The van der Waals surface area contributed by atoms with E-state index in [-0.39, 0.29) is 11.4 Å². The molecule has 0 bridgehead atoms. The number of nitrogens with zero attached hydrogens (tertiary/aromatic N) is 2. The molecule has 0 atom stereocenters. The van der Waals surface area contributed by atoms with E-state index in [9.17, 15) is 10.1 Å². The van der Waals surface area contributed by atoms with Gasteiger partial charge >= 0.3 is 5.69 Å². The highest BCUT2D eigenvalue weighted by Crippen LogP contribution is 2.35. The molecule has 2 aromatic carbocycles. The van der Waals surface area contributed by atoms with Crippen molar-refractivity contribution in [2.45, 2.75) is 6.92 Å². The monoisotopic (exact) mass is 332 g/mol. The van der Waals surface area contributed by atoms with Gasteiger partial charge in [0.25, 0.3) is 0 Å². The van der Waals surface area contributed by atoms with Crippen molar-refractivity contribution in [1.82, 2.24) is 0 Å². The molecule has 2 rings (SSSR count). The molecule has 0 aliphatic rings. The summed E-state index contributed by atoms with van der Waals surface area (Å²) < 4.78 is 6.25. The Morgan fingerprint density at radius 1 is 1.25 bits per heavy atom. The number of aryl methyl sites for hydroxylation is 1. The molecule has 0 aromatic heterocycles. The van der Waals surface area contributed by atoms with E-state index in [2.05, 4.69) is 15.9 Å². The fourth-order valence-electron chi connectivity index (χ4n) is 1.62. The molecular weight excluding hydrogens is 324 g/mol. The van der Waals surface area contributed by atoms with Gasteiger partial charge in [-0.15, -0.1) is 0 Å². The average molecular weight is 333 g/mol. The zero-order chi connectivity index (χ0) is 14.7. The van der Waals surface area contributed by atoms with Gasteiger partial charge in [0.05, 0.1) is 21.0 Å². The summed E-state index contributed by atoms with van der Waals surface area (Å²) in [6.45, 7) is 1.92. The third-order valence-electron chi connectivity index (χ3n) is 2.59. The van der Waals surface area contributed by atoms with Crippen LogP contribution in [0.4, 0.5) is 5.69 Å². The molecule has 6 heteroatoms. The summed E-state index contributed by atoms with van der Waals surface area (Å²) in [6.07, 6.45) is 0. The van der Waals surface area contributed by atoms with Gasteiger partial charge in [-0.3, -0.25) is 10.1 Å². The van der Waals surface area contributed by atoms with Crippen LogP contribution in [0, 0.1) is 28.4 Å². The molecule has 0 aliphatic heterocycles. The van der Waals surface area contributed by atoms with E-state index in [1.54, 1.807) is 6.07 Å². The second-order valence-corrected chi connectivity index (χ2v) is 4.94. The summed E-state index contributed by atoms with van der Waals surface area (Å²) >= 11 is 3.34. The Balaban J connectivity index is 2.46. The Bertz CT molecular complexity index is 723. The van der Waals surface area contributed by atoms with Crippen LogP contribution in [0.1, 0.15) is 11.1 Å². The number of nitro benzene ring substituents is 1. The van der Waals surface area contributed by atoms with E-state index < -0.39 is 4.92 Å². The molecule has 0 amide bonds. The van der Waals surface area contributed by atoms with Crippen molar-refractivity contribution in [3.63, 3.8) is 0 Å². The summed E-state index contributed by atoms with van der Waals surface area (Å²) in [7, 11) is 0. The lowest BCUT2D eigenvalue weighted by atomic mass is 10.2. The molecule has 2 aromatic rings. The molecule has 100 valence electrons. The van der Waals surface area contributed by atoms with Crippen molar-refractivity contribution in [1.29, 1.82) is 5.26 Å². The Kier molecular flexibility index (Phi) is 4.01. The third-order valence-corrected chi connectivity index (χ3v) is 3.21. The lowest BCUT2D eigenvalue weighted by Crippen LogP contribution is -1.95. The van der Waals surface area contributed by atoms with Crippen LogP contribution >= 0.6 is 15.9 Å². The Hall–Kier alpha value is -2.39. The Morgan fingerprint density at radius 2 is 2.00 bits per heavy atom. The number of halogens is 1. The quantitative estimate of drug-likeness (QED) is 0.619. The molecule has 0 N–H and O–H groups in total. The summed E-state index contributed by atoms with van der Waals surface area (Å²) in [5.41, 5.74) is 1.15. The first-order valence-electron chi connectivity index (χ1n) is 5.64. The lowest BCUT2D eigenvalue weighted by molar-refractivity contribution is -0.385. The van der Waals surface area contributed by atoms with Crippen LogP contribution in [0.25, 0.3) is 0 Å². The van der Waals surface area contributed by atoms with Crippen LogP contribution < -0.4 is 4.74 Å². The average Bonchev–Trinajstić information content (AvgIpc) is 2.41. The van der Waals surface area contributed by atoms with Crippen molar-refractivity contribution < 1.29 is 9.66 Å². The zero-order valence-electron chi connectivity index (χ0n) is 10.5. The van der Waals surface area contributed by atoms with Gasteiger partial charge in [0.15, 0.2) is 0 Å². The van der Waals surface area contributed by atoms with Crippen molar-refractivity contribution in [2.24, 2.45) is 0 Å². The van der Waals surface area contributed by atoms with E-state index in [0.29, 0.717) is 15.8 Å². The standard InChI is InChI=1S/C14H9BrN2O3/c1-9-2-5-13(11(15)6-9)20-14-7-10(8-16)3-4-12(14)17(18)19/h2-7H,1H3. The highest BCUT2D eigenvalue weighted by molar-refractivity contribution is 9.10. The highest BCUT2D eigenvalue weighted by atomic mass is 79.9. The second-order valence-electron chi connectivity index (χ2n) is 4.09. The number of rotatable bonds is 3. The molecule has 0 aliphatic carbocycles. The molecule has 0 saturated heterocycles. The van der Waals surface area contributed by atoms with Gasteiger partial charge in [0.2, 0.25) is 5.75 Å². The van der Waals surface area contributed by atoms with E-state index in [4.69, 9.17) is 10.00 Å². The lowest BCUT2D eigenvalue weighted by Gasteiger charge is -2.09. The predicted molar refractivity (Wildman–Crippen MR) is 76.8 cm³/mol. The van der Waals surface area contributed by atoms with Gasteiger partial charge in [0, 0.05) is 12.1 Å². The maximum atomic E-state index is 11.0. The minimum atomic E-state index is -0.543. The number of hydrogen-bond donors (Lipinski definition) is 0. The molecule has 5 nitrogen and oxygen atoms in total. The topological polar surface area (TPSA) is 76.2 Å². The highest BCUT2D eigenvalue weighted by Gasteiger charge is 2.17. The van der Waals surface area contributed by atoms with Crippen LogP contribution in [0.5, 0.6) is 11.5 Å². The Morgan fingerprint density at radius 3 is 2.60 bits per heavy atom. The molecule has 0 radical (unpaired) electrons. The number of hydrogen-bond acceptors (Lipinski definition) is 4. The number of ether oxygens (including phenoxy) is 1. The van der Waals surface area contributed by atoms with Gasteiger partial charge in [0.1, 0.15) is 5.75 Å². The maximum Gasteiger partial charge on any atom is 0.311 e. The van der Waals surface area contributed by atoms with Crippen molar-refractivity contribution >= 4 is 21.6 Å². The van der Waals surface area contributed by atoms with Crippen LogP contribution in [-0.2, 0) is 0 Å². The van der Waals surface area contributed by atoms with E-state index >= 15 is 0 Å².